The van der Waals surface area contributed by atoms with E-state index in [2.05, 4.69) is 21.4 Å². The van der Waals surface area contributed by atoms with Crippen LogP contribution in [0.3, 0.4) is 0 Å². The maximum atomic E-state index is 13.1. The lowest BCUT2D eigenvalue weighted by atomic mass is 9.83. The summed E-state index contributed by atoms with van der Waals surface area (Å²) in [5, 5.41) is 12.8. The zero-order chi connectivity index (χ0) is 23.0. The van der Waals surface area contributed by atoms with E-state index in [-0.39, 0.29) is 23.8 Å². The van der Waals surface area contributed by atoms with Crippen LogP contribution < -0.4 is 10.2 Å². The van der Waals surface area contributed by atoms with Crippen LogP contribution in [-0.2, 0) is 9.53 Å². The maximum absolute atomic E-state index is 13.1. The molecule has 5 rings (SSSR count). The van der Waals surface area contributed by atoms with Crippen LogP contribution in [0.15, 0.2) is 36.7 Å². The summed E-state index contributed by atoms with van der Waals surface area (Å²) in [6, 6.07) is 9.35. The van der Waals surface area contributed by atoms with Gasteiger partial charge in [0.05, 0.1) is 17.7 Å². The van der Waals surface area contributed by atoms with Crippen LogP contribution >= 0.6 is 0 Å². The van der Waals surface area contributed by atoms with E-state index < -0.39 is 5.41 Å². The second-order valence-electron chi connectivity index (χ2n) is 8.92. The highest BCUT2D eigenvalue weighted by Gasteiger charge is 2.56. The third-order valence-corrected chi connectivity index (χ3v) is 6.92. The monoisotopic (exact) mass is 446 g/mol. The summed E-state index contributed by atoms with van der Waals surface area (Å²) in [6.45, 7) is 1.80. The third kappa shape index (κ3) is 3.91. The quantitative estimate of drug-likeness (QED) is 0.726. The van der Waals surface area contributed by atoms with Crippen molar-refractivity contribution in [3.8, 4) is 6.07 Å². The molecule has 0 aromatic carbocycles. The average Bonchev–Trinajstić information content (AvgIpc) is 3.48. The Kier molecular flexibility index (Phi) is 5.46. The van der Waals surface area contributed by atoms with Gasteiger partial charge in [-0.2, -0.15) is 5.26 Å². The Morgan fingerprint density at radius 2 is 2.06 bits per heavy atom. The topological polar surface area (TPSA) is 111 Å². The van der Waals surface area contributed by atoms with Gasteiger partial charge in [-0.3, -0.25) is 9.59 Å². The van der Waals surface area contributed by atoms with E-state index in [1.54, 1.807) is 53.6 Å². The van der Waals surface area contributed by atoms with Crippen molar-refractivity contribution in [1.82, 2.24) is 14.9 Å². The normalized spacial score (nSPS) is 24.7. The molecule has 2 amide bonds. The Balaban J connectivity index is 1.26. The average molecular weight is 447 g/mol. The summed E-state index contributed by atoms with van der Waals surface area (Å²) in [4.78, 5) is 37.9. The van der Waals surface area contributed by atoms with Gasteiger partial charge in [0.15, 0.2) is 0 Å². The molecule has 170 valence electrons. The molecule has 0 radical (unpaired) electrons. The molecule has 1 N–H and O–H groups in total. The molecule has 2 saturated heterocycles. The molecular weight excluding hydrogens is 420 g/mol. The Labute approximate surface area is 192 Å². The number of hydrogen-bond acceptors (Lipinski definition) is 7. The van der Waals surface area contributed by atoms with Gasteiger partial charge < -0.3 is 19.9 Å². The first-order chi connectivity index (χ1) is 16.0. The molecule has 2 atom stereocenters. The van der Waals surface area contributed by atoms with Gasteiger partial charge in [0, 0.05) is 50.9 Å². The Hall–Kier alpha value is -3.51. The van der Waals surface area contributed by atoms with Gasteiger partial charge in [-0.15, -0.1) is 0 Å². The fourth-order valence-corrected chi connectivity index (χ4v) is 4.80. The van der Waals surface area contributed by atoms with Crippen LogP contribution in [-0.4, -0.2) is 59.5 Å². The number of pyridine rings is 2. The minimum absolute atomic E-state index is 0.0575. The molecule has 2 aromatic rings. The number of nitrogens with zero attached hydrogens (tertiary/aromatic N) is 5. The summed E-state index contributed by atoms with van der Waals surface area (Å²) < 4.78 is 5.33. The number of nitriles is 1. The molecule has 0 spiro atoms. The molecule has 4 heterocycles. The molecule has 1 aliphatic carbocycles. The highest BCUT2D eigenvalue weighted by atomic mass is 16.5. The van der Waals surface area contributed by atoms with Gasteiger partial charge in [-0.25, -0.2) is 9.97 Å². The number of methoxy groups -OCH3 is 1. The number of rotatable bonds is 6. The van der Waals surface area contributed by atoms with Crippen molar-refractivity contribution in [2.75, 3.05) is 37.0 Å². The lowest BCUT2D eigenvalue weighted by Gasteiger charge is -2.21. The van der Waals surface area contributed by atoms with E-state index in [4.69, 9.17) is 4.74 Å². The van der Waals surface area contributed by atoms with Gasteiger partial charge in [-0.1, -0.05) is 0 Å². The van der Waals surface area contributed by atoms with E-state index in [0.29, 0.717) is 48.9 Å². The number of ether oxygens (including phenoxy) is 1. The van der Waals surface area contributed by atoms with E-state index >= 15 is 0 Å². The fraction of sp³-hybridized carbons (Fsp3) is 0.458. The highest BCUT2D eigenvalue weighted by molar-refractivity contribution is 6.02. The molecule has 33 heavy (non-hydrogen) atoms. The number of likely N-dealkylation sites (tertiary alicyclic amines) is 1. The zero-order valence-electron chi connectivity index (χ0n) is 18.5. The first-order valence-corrected chi connectivity index (χ1v) is 11.3. The maximum Gasteiger partial charge on any atom is 0.255 e. The molecule has 0 bridgehead atoms. The number of carbonyl (C=O) groups excluding carboxylic acids is 2. The second-order valence-corrected chi connectivity index (χ2v) is 8.92. The van der Waals surface area contributed by atoms with Crippen molar-refractivity contribution in [2.24, 2.45) is 11.3 Å². The molecule has 3 aliphatic rings. The van der Waals surface area contributed by atoms with Crippen molar-refractivity contribution in [1.29, 1.82) is 5.26 Å². The summed E-state index contributed by atoms with van der Waals surface area (Å²) in [5.41, 5.74) is 0.359. The molecule has 9 heteroatoms. The molecule has 1 saturated carbocycles. The minimum atomic E-state index is -0.876. The summed E-state index contributed by atoms with van der Waals surface area (Å²) in [6.07, 6.45) is 6.58. The van der Waals surface area contributed by atoms with Crippen molar-refractivity contribution >= 4 is 29.1 Å². The second kappa shape index (κ2) is 8.45. The van der Waals surface area contributed by atoms with Crippen molar-refractivity contribution in [3.05, 3.63) is 42.2 Å². The lowest BCUT2D eigenvalue weighted by molar-refractivity contribution is -0.123. The Morgan fingerprint density at radius 1 is 1.21 bits per heavy atom. The Morgan fingerprint density at radius 3 is 2.73 bits per heavy atom. The van der Waals surface area contributed by atoms with Crippen LogP contribution in [0.2, 0.25) is 0 Å². The molecule has 2 aromatic heterocycles. The number of nitrogens with one attached hydrogen (secondary N) is 1. The predicted molar refractivity (Wildman–Crippen MR) is 121 cm³/mol. The Bertz CT molecular complexity index is 1110. The van der Waals surface area contributed by atoms with Gasteiger partial charge in [-0.05, 0) is 49.8 Å². The minimum Gasteiger partial charge on any atom is -0.380 e. The molecule has 9 nitrogen and oxygen atoms in total. The molecule has 3 fully saturated rings. The van der Waals surface area contributed by atoms with E-state index in [9.17, 15) is 14.9 Å². The standard InChI is InChI=1S/C24H26N6O3/c1-33-19-7-10-29(14-19)22(31)16-2-5-20(27-13-16)28-21-12-18(6-9-26-21)30-11-8-24(15-25,23(30)32)17-3-4-17/h2,5-6,9,12-13,17,19H,3-4,7-8,10-11,14H2,1H3,(H,26,27,28)/t19-,24+/m0/s1. The zero-order valence-corrected chi connectivity index (χ0v) is 18.5. The molecular formula is C24H26N6O3. The SMILES string of the molecule is CO[C@H]1CCN(C(=O)c2ccc(Nc3cc(N4CC[C@@](C#N)(C5CC5)C4=O)ccn3)nc2)C1. The third-order valence-electron chi connectivity index (χ3n) is 6.92. The first kappa shape index (κ1) is 21.3. The smallest absolute Gasteiger partial charge is 0.255 e. The summed E-state index contributed by atoms with van der Waals surface area (Å²) in [5.74, 6) is 1.10. The predicted octanol–water partition coefficient (Wildman–Crippen LogP) is 2.74. The van der Waals surface area contributed by atoms with E-state index in [1.165, 1.54) is 0 Å². The molecule has 2 aliphatic heterocycles. The van der Waals surface area contributed by atoms with Gasteiger partial charge in [0.1, 0.15) is 17.1 Å². The van der Waals surface area contributed by atoms with Crippen LogP contribution in [0, 0.1) is 22.7 Å². The van der Waals surface area contributed by atoms with Crippen LogP contribution in [0.4, 0.5) is 17.3 Å². The number of amides is 2. The van der Waals surface area contributed by atoms with Crippen LogP contribution in [0.25, 0.3) is 0 Å². The number of aromatic nitrogens is 2. The van der Waals surface area contributed by atoms with Gasteiger partial charge >= 0.3 is 0 Å². The number of carbonyl (C=O) groups is 2. The van der Waals surface area contributed by atoms with Gasteiger partial charge in [0.2, 0.25) is 5.91 Å². The lowest BCUT2D eigenvalue weighted by Crippen LogP contribution is -2.35. The van der Waals surface area contributed by atoms with Crippen molar-refractivity contribution in [2.45, 2.75) is 31.8 Å². The summed E-state index contributed by atoms with van der Waals surface area (Å²) >= 11 is 0. The fourth-order valence-electron chi connectivity index (χ4n) is 4.80. The van der Waals surface area contributed by atoms with Crippen molar-refractivity contribution in [3.63, 3.8) is 0 Å². The first-order valence-electron chi connectivity index (χ1n) is 11.3. The van der Waals surface area contributed by atoms with Crippen LogP contribution in [0.5, 0.6) is 0 Å². The summed E-state index contributed by atoms with van der Waals surface area (Å²) in [7, 11) is 1.66. The van der Waals surface area contributed by atoms with Crippen molar-refractivity contribution < 1.29 is 14.3 Å². The molecule has 0 unspecified atom stereocenters. The highest BCUT2D eigenvalue weighted by Crippen LogP contribution is 2.51. The number of hydrogen-bond donors (Lipinski definition) is 1. The number of anilines is 3. The van der Waals surface area contributed by atoms with E-state index in [1.807, 2.05) is 0 Å². The van der Waals surface area contributed by atoms with Gasteiger partial charge in [0.25, 0.3) is 5.91 Å². The van der Waals surface area contributed by atoms with E-state index in [0.717, 1.165) is 19.3 Å². The van der Waals surface area contributed by atoms with Crippen LogP contribution in [0.1, 0.15) is 36.0 Å². The largest absolute Gasteiger partial charge is 0.380 e.